The van der Waals surface area contributed by atoms with Gasteiger partial charge in [0.15, 0.2) is 4.74 Å². The van der Waals surface area contributed by atoms with Gasteiger partial charge >= 0.3 is 0 Å². The molecule has 3 aromatic rings. The summed E-state index contributed by atoms with van der Waals surface area (Å²) < 4.78 is 20.0. The summed E-state index contributed by atoms with van der Waals surface area (Å²) in [5, 5.41) is 8.83. The maximum Gasteiger partial charge on any atom is 0.227 e. The van der Waals surface area contributed by atoms with Gasteiger partial charge in [0.2, 0.25) is 5.95 Å². The second-order valence-corrected chi connectivity index (χ2v) is 8.00. The summed E-state index contributed by atoms with van der Waals surface area (Å²) in [4.78, 5) is 11.0. The lowest BCUT2D eigenvalue weighted by molar-refractivity contribution is 0.122. The standard InChI is InChI=1S/C23H23BrFN7O/c1-2-32(30-22(24)26)19-5-3-18(4-6-19)28-23-27-8-7-21(29-23)16-13-17(25)15-20(14-16)31-9-11-33-12-10-31/h2-8,13-15H,1,9-12H2,(H2,26,30)(H,27,28,29). The molecule has 0 spiro atoms. The van der Waals surface area contributed by atoms with E-state index in [2.05, 4.69) is 47.8 Å². The number of hydrogen-bond donors (Lipinski definition) is 2. The maximum atomic E-state index is 14.4. The Morgan fingerprint density at radius 2 is 1.97 bits per heavy atom. The van der Waals surface area contributed by atoms with Crippen molar-refractivity contribution in [1.29, 1.82) is 0 Å². The molecular formula is C23H23BrFN7O. The van der Waals surface area contributed by atoms with E-state index in [-0.39, 0.29) is 10.6 Å². The molecule has 0 saturated carbocycles. The number of morpholine rings is 1. The van der Waals surface area contributed by atoms with Crippen molar-refractivity contribution in [3.8, 4) is 11.3 Å². The first kappa shape index (κ1) is 22.7. The second-order valence-electron chi connectivity index (χ2n) is 7.18. The van der Waals surface area contributed by atoms with E-state index in [1.807, 2.05) is 30.3 Å². The van der Waals surface area contributed by atoms with E-state index in [0.29, 0.717) is 30.4 Å². The van der Waals surface area contributed by atoms with Gasteiger partial charge in [-0.3, -0.25) is 0 Å². The third-order valence-corrected chi connectivity index (χ3v) is 5.13. The van der Waals surface area contributed by atoms with E-state index in [4.69, 9.17) is 10.5 Å². The Balaban J connectivity index is 1.53. The molecule has 1 aromatic heterocycles. The minimum Gasteiger partial charge on any atom is -0.378 e. The van der Waals surface area contributed by atoms with Crippen LogP contribution in [-0.4, -0.2) is 41.0 Å². The Kier molecular flexibility index (Phi) is 7.16. The molecule has 0 radical (unpaired) electrons. The Labute approximate surface area is 199 Å². The zero-order chi connectivity index (χ0) is 23.2. The molecule has 10 heteroatoms. The smallest absolute Gasteiger partial charge is 0.227 e. The third kappa shape index (κ3) is 5.85. The topological polar surface area (TPSA) is 91.9 Å². The highest BCUT2D eigenvalue weighted by atomic mass is 79.9. The van der Waals surface area contributed by atoms with Crippen molar-refractivity contribution in [2.75, 3.05) is 41.5 Å². The first-order chi connectivity index (χ1) is 16.0. The molecule has 0 atom stereocenters. The van der Waals surface area contributed by atoms with Crippen molar-refractivity contribution < 1.29 is 9.13 Å². The van der Waals surface area contributed by atoms with Gasteiger partial charge in [0.25, 0.3) is 0 Å². The lowest BCUT2D eigenvalue weighted by Crippen LogP contribution is -2.36. The van der Waals surface area contributed by atoms with Gasteiger partial charge in [0.05, 0.1) is 24.6 Å². The number of anilines is 4. The molecule has 1 aliphatic heterocycles. The molecule has 1 fully saturated rings. The first-order valence-corrected chi connectivity index (χ1v) is 11.1. The van der Waals surface area contributed by atoms with E-state index < -0.39 is 0 Å². The Morgan fingerprint density at radius 3 is 2.67 bits per heavy atom. The van der Waals surface area contributed by atoms with Gasteiger partial charge in [-0.2, -0.15) is 0 Å². The molecule has 0 aliphatic carbocycles. The molecule has 170 valence electrons. The van der Waals surface area contributed by atoms with Crippen LogP contribution in [0, 0.1) is 5.82 Å². The molecular weight excluding hydrogens is 489 g/mol. The minimum absolute atomic E-state index is 0.240. The van der Waals surface area contributed by atoms with E-state index >= 15 is 0 Å². The number of benzene rings is 2. The molecule has 2 heterocycles. The van der Waals surface area contributed by atoms with Crippen LogP contribution in [0.2, 0.25) is 0 Å². The van der Waals surface area contributed by atoms with Gasteiger partial charge in [-0.25, -0.2) is 19.4 Å². The first-order valence-electron chi connectivity index (χ1n) is 10.3. The lowest BCUT2D eigenvalue weighted by atomic mass is 10.1. The molecule has 2 aromatic carbocycles. The molecule has 33 heavy (non-hydrogen) atoms. The number of amidine groups is 1. The lowest BCUT2D eigenvalue weighted by Gasteiger charge is -2.29. The van der Waals surface area contributed by atoms with Crippen molar-refractivity contribution in [2.24, 2.45) is 10.8 Å². The van der Waals surface area contributed by atoms with E-state index in [1.165, 1.54) is 12.1 Å². The molecule has 4 rings (SSSR count). The summed E-state index contributed by atoms with van der Waals surface area (Å²) in [6.45, 7) is 6.45. The molecule has 0 bridgehead atoms. The van der Waals surface area contributed by atoms with Crippen molar-refractivity contribution in [2.45, 2.75) is 0 Å². The molecule has 0 amide bonds. The van der Waals surface area contributed by atoms with Gasteiger partial charge in [0, 0.05) is 42.4 Å². The predicted molar refractivity (Wildman–Crippen MR) is 133 cm³/mol. The monoisotopic (exact) mass is 511 g/mol. The zero-order valence-electron chi connectivity index (χ0n) is 17.8. The number of halogens is 2. The van der Waals surface area contributed by atoms with Crippen LogP contribution in [0.3, 0.4) is 0 Å². The highest BCUT2D eigenvalue weighted by molar-refractivity contribution is 9.18. The second kappa shape index (κ2) is 10.4. The minimum atomic E-state index is -0.309. The molecule has 1 aliphatic rings. The Hall–Kier alpha value is -3.50. The van der Waals surface area contributed by atoms with Crippen molar-refractivity contribution in [3.05, 3.63) is 73.3 Å². The average molecular weight is 512 g/mol. The Morgan fingerprint density at radius 1 is 1.21 bits per heavy atom. The fourth-order valence-corrected chi connectivity index (χ4v) is 3.61. The fraction of sp³-hybridized carbons (Fsp3) is 0.174. The summed E-state index contributed by atoms with van der Waals surface area (Å²) in [6.07, 6.45) is 3.19. The zero-order valence-corrected chi connectivity index (χ0v) is 19.4. The average Bonchev–Trinajstić information content (AvgIpc) is 2.83. The highest BCUT2D eigenvalue weighted by Crippen LogP contribution is 2.27. The van der Waals surface area contributed by atoms with Crippen LogP contribution in [0.5, 0.6) is 0 Å². The summed E-state index contributed by atoms with van der Waals surface area (Å²) in [5.74, 6) is 0.0944. The van der Waals surface area contributed by atoms with E-state index in [9.17, 15) is 4.39 Å². The van der Waals surface area contributed by atoms with Crippen LogP contribution >= 0.6 is 15.9 Å². The largest absolute Gasteiger partial charge is 0.378 e. The van der Waals surface area contributed by atoms with Crippen LogP contribution in [-0.2, 0) is 4.74 Å². The highest BCUT2D eigenvalue weighted by Gasteiger charge is 2.14. The normalized spacial score (nSPS) is 14.1. The predicted octanol–water partition coefficient (Wildman–Crippen LogP) is 4.44. The number of nitrogens with zero attached hydrogens (tertiary/aromatic N) is 5. The molecule has 1 saturated heterocycles. The number of ether oxygens (including phenoxy) is 1. The maximum absolute atomic E-state index is 14.4. The molecule has 3 N–H and O–H groups in total. The van der Waals surface area contributed by atoms with Gasteiger partial charge < -0.3 is 20.7 Å². The summed E-state index contributed by atoms with van der Waals surface area (Å²) >= 11 is 3.11. The van der Waals surface area contributed by atoms with E-state index in [1.54, 1.807) is 23.5 Å². The summed E-state index contributed by atoms with van der Waals surface area (Å²) in [5.41, 5.74) is 9.26. The third-order valence-electron chi connectivity index (χ3n) is 4.97. The molecule has 8 nitrogen and oxygen atoms in total. The van der Waals surface area contributed by atoms with Crippen LogP contribution in [0.25, 0.3) is 11.3 Å². The number of hydrogen-bond acceptors (Lipinski definition) is 7. The number of rotatable bonds is 7. The van der Waals surface area contributed by atoms with Crippen molar-refractivity contribution in [1.82, 2.24) is 9.97 Å². The van der Waals surface area contributed by atoms with Crippen LogP contribution in [0.15, 0.2) is 72.6 Å². The van der Waals surface area contributed by atoms with Gasteiger partial charge in [-0.1, -0.05) is 6.58 Å². The fourth-order valence-electron chi connectivity index (χ4n) is 3.44. The van der Waals surface area contributed by atoms with Gasteiger partial charge in [0.1, 0.15) is 5.82 Å². The SMILES string of the molecule is C=CN(/N=C(\N)Br)c1ccc(Nc2nccc(-c3cc(F)cc(N4CCOCC4)c3)n2)cc1. The van der Waals surface area contributed by atoms with Crippen LogP contribution in [0.4, 0.5) is 27.4 Å². The number of nitrogens with one attached hydrogen (secondary N) is 1. The van der Waals surface area contributed by atoms with Gasteiger partial charge in [-0.05, 0) is 64.5 Å². The van der Waals surface area contributed by atoms with Gasteiger partial charge in [-0.15, -0.1) is 5.10 Å². The summed E-state index contributed by atoms with van der Waals surface area (Å²) in [7, 11) is 0. The summed E-state index contributed by atoms with van der Waals surface area (Å²) in [6, 6.07) is 14.2. The quantitative estimate of drug-likeness (QED) is 0.209. The number of aromatic nitrogens is 2. The van der Waals surface area contributed by atoms with E-state index in [0.717, 1.165) is 30.2 Å². The van der Waals surface area contributed by atoms with Crippen molar-refractivity contribution in [3.63, 3.8) is 0 Å². The number of hydrazone groups is 1. The molecule has 0 unspecified atom stereocenters. The van der Waals surface area contributed by atoms with Crippen molar-refractivity contribution >= 4 is 43.7 Å². The van der Waals surface area contributed by atoms with Crippen LogP contribution < -0.4 is 21.0 Å². The Bertz CT molecular complexity index is 1150. The van der Waals surface area contributed by atoms with Crippen LogP contribution in [0.1, 0.15) is 0 Å². The number of nitrogens with two attached hydrogens (primary N) is 1.